The molecule has 1 aliphatic heterocycles. The van der Waals surface area contributed by atoms with Gasteiger partial charge in [-0.15, -0.1) is 0 Å². The number of nitrogens with zero attached hydrogens (tertiary/aromatic N) is 3. The Labute approximate surface area is 113 Å². The van der Waals surface area contributed by atoms with E-state index < -0.39 is 6.67 Å². The lowest BCUT2D eigenvalue weighted by Crippen LogP contribution is -2.32. The Hall–Kier alpha value is -0.660. The number of aromatic nitrogens is 2. The molecule has 0 radical (unpaired) electrons. The molecule has 6 heteroatoms. The second kappa shape index (κ2) is 4.91. The van der Waals surface area contributed by atoms with Crippen molar-refractivity contribution in [2.75, 3.05) is 18.6 Å². The first-order valence-electron chi connectivity index (χ1n) is 5.60. The maximum absolute atomic E-state index is 12.6. The second-order valence-corrected chi connectivity index (χ2v) is 5.86. The number of hydrogen-bond acceptors (Lipinski definition) is 2. The van der Waals surface area contributed by atoms with E-state index in [1.165, 1.54) is 0 Å². The van der Waals surface area contributed by atoms with Crippen LogP contribution in [0.5, 0.6) is 0 Å². The molecule has 0 bridgehead atoms. The van der Waals surface area contributed by atoms with E-state index in [0.717, 1.165) is 12.2 Å². The molecule has 2 atom stereocenters. The molecule has 2 rings (SSSR count). The van der Waals surface area contributed by atoms with Gasteiger partial charge in [0.1, 0.15) is 5.82 Å². The fourth-order valence-corrected chi connectivity index (χ4v) is 2.56. The Kier molecular flexibility index (Phi) is 3.70. The Morgan fingerprint density at radius 3 is 3.06 bits per heavy atom. The monoisotopic (exact) mass is 351 g/mol. The molecule has 4 nitrogen and oxygen atoms in total. The van der Waals surface area contributed by atoms with Crippen molar-refractivity contribution in [2.24, 2.45) is 0 Å². The van der Waals surface area contributed by atoms with E-state index in [2.05, 4.69) is 27.7 Å². The quantitative estimate of drug-likeness (QED) is 0.605. The van der Waals surface area contributed by atoms with Crippen molar-refractivity contribution in [3.63, 3.8) is 0 Å². The van der Waals surface area contributed by atoms with Gasteiger partial charge in [0.15, 0.2) is 0 Å². The van der Waals surface area contributed by atoms with Gasteiger partial charge < -0.3 is 0 Å². The van der Waals surface area contributed by atoms with Crippen LogP contribution in [0.15, 0.2) is 6.07 Å². The first kappa shape index (κ1) is 12.8. The van der Waals surface area contributed by atoms with E-state index in [0.29, 0.717) is 12.2 Å². The number of amides is 1. The van der Waals surface area contributed by atoms with Crippen molar-refractivity contribution >= 4 is 34.3 Å². The van der Waals surface area contributed by atoms with Crippen LogP contribution in [0, 0.1) is 0 Å². The predicted molar refractivity (Wildman–Crippen MR) is 72.5 cm³/mol. The smallest absolute Gasteiger partial charge is 0.240 e. The van der Waals surface area contributed by atoms with Crippen LogP contribution < -0.4 is 4.90 Å². The summed E-state index contributed by atoms with van der Waals surface area (Å²) in [4.78, 5) is 13.6. The van der Waals surface area contributed by atoms with Crippen molar-refractivity contribution in [3.8, 4) is 0 Å². The minimum atomic E-state index is -0.428. The molecule has 1 aliphatic rings. The molecule has 2 heterocycles. The lowest BCUT2D eigenvalue weighted by molar-refractivity contribution is -0.117. The maximum Gasteiger partial charge on any atom is 0.240 e. The molecule has 0 spiro atoms. The van der Waals surface area contributed by atoms with Gasteiger partial charge in [-0.3, -0.25) is 14.1 Å². The Morgan fingerprint density at radius 2 is 2.41 bits per heavy atom. The minimum absolute atomic E-state index is 0.0126. The highest BCUT2D eigenvalue weighted by atomic mass is 127. The summed E-state index contributed by atoms with van der Waals surface area (Å²) in [5.41, 5.74) is 0.717. The fourth-order valence-electron chi connectivity index (χ4n) is 1.86. The molecule has 1 aromatic heterocycles. The summed E-state index contributed by atoms with van der Waals surface area (Å²) in [7, 11) is 1.75. The van der Waals surface area contributed by atoms with Crippen LogP contribution in [0.4, 0.5) is 10.2 Å². The molecule has 0 fully saturated rings. The molecular weight excluding hydrogens is 336 g/mol. The third kappa shape index (κ3) is 2.31. The molecule has 0 aliphatic carbocycles. The lowest BCUT2D eigenvalue weighted by Gasteiger charge is -2.15. The summed E-state index contributed by atoms with van der Waals surface area (Å²) in [5, 5.41) is 4.38. The standard InChI is InChI=1S/C11H15FIN3O/c1-7(6-12)9-5-10-15(2)11(17)8(13)3-4-16(10)14-9/h5,7-8H,3-4,6H2,1-2H3. The topological polar surface area (TPSA) is 38.1 Å². The number of rotatable bonds is 2. The molecule has 0 saturated heterocycles. The Bertz CT molecular complexity index is 434. The molecule has 0 aromatic carbocycles. The highest BCUT2D eigenvalue weighted by Gasteiger charge is 2.28. The summed E-state index contributed by atoms with van der Waals surface area (Å²) in [6, 6.07) is 1.82. The van der Waals surface area contributed by atoms with E-state index in [1.54, 1.807) is 23.6 Å². The highest BCUT2D eigenvalue weighted by molar-refractivity contribution is 14.1. The summed E-state index contributed by atoms with van der Waals surface area (Å²) < 4.78 is 14.4. The Morgan fingerprint density at radius 1 is 1.71 bits per heavy atom. The van der Waals surface area contributed by atoms with Gasteiger partial charge >= 0.3 is 0 Å². The fraction of sp³-hybridized carbons (Fsp3) is 0.636. The second-order valence-electron chi connectivity index (χ2n) is 4.36. The molecule has 1 aromatic rings. The van der Waals surface area contributed by atoms with Crippen LogP contribution >= 0.6 is 22.6 Å². The van der Waals surface area contributed by atoms with Gasteiger partial charge in [-0.2, -0.15) is 5.10 Å². The number of carbonyl (C=O) groups is 1. The highest BCUT2D eigenvalue weighted by Crippen LogP contribution is 2.26. The number of aryl methyl sites for hydroxylation is 1. The summed E-state index contributed by atoms with van der Waals surface area (Å²) in [6.07, 6.45) is 0.766. The average molecular weight is 351 g/mol. The number of halogens is 2. The largest absolute Gasteiger partial charge is 0.299 e. The van der Waals surface area contributed by atoms with Crippen molar-refractivity contribution in [2.45, 2.75) is 29.7 Å². The first-order valence-corrected chi connectivity index (χ1v) is 6.84. The number of hydrogen-bond donors (Lipinski definition) is 0. The van der Waals surface area contributed by atoms with Crippen LogP contribution in [0.1, 0.15) is 25.0 Å². The van der Waals surface area contributed by atoms with Gasteiger partial charge in [-0.1, -0.05) is 29.5 Å². The Balaban J connectivity index is 2.36. The molecule has 94 valence electrons. The summed E-state index contributed by atoms with van der Waals surface area (Å²) >= 11 is 2.16. The summed E-state index contributed by atoms with van der Waals surface area (Å²) in [5.74, 6) is 0.640. The van der Waals surface area contributed by atoms with Gasteiger partial charge in [-0.25, -0.2) is 4.68 Å². The number of anilines is 1. The molecule has 0 N–H and O–H groups in total. The zero-order valence-electron chi connectivity index (χ0n) is 9.86. The summed E-state index contributed by atoms with van der Waals surface area (Å²) in [6.45, 7) is 2.08. The molecule has 2 unspecified atom stereocenters. The van der Waals surface area contributed by atoms with Crippen LogP contribution in [0.25, 0.3) is 0 Å². The number of fused-ring (bicyclic) bond motifs is 1. The van der Waals surface area contributed by atoms with Crippen LogP contribution in [0.2, 0.25) is 0 Å². The molecule has 0 saturated carbocycles. The van der Waals surface area contributed by atoms with Crippen molar-refractivity contribution < 1.29 is 9.18 Å². The van der Waals surface area contributed by atoms with Gasteiger partial charge in [-0.05, 0) is 6.42 Å². The van der Waals surface area contributed by atoms with E-state index in [1.807, 2.05) is 6.07 Å². The van der Waals surface area contributed by atoms with E-state index in [4.69, 9.17) is 0 Å². The van der Waals surface area contributed by atoms with Crippen LogP contribution in [-0.4, -0.2) is 33.3 Å². The molecular formula is C11H15FIN3O. The van der Waals surface area contributed by atoms with Gasteiger partial charge in [0.05, 0.1) is 16.3 Å². The van der Waals surface area contributed by atoms with Crippen LogP contribution in [-0.2, 0) is 11.3 Å². The lowest BCUT2D eigenvalue weighted by atomic mass is 10.1. The molecule has 1 amide bonds. The molecule has 17 heavy (non-hydrogen) atoms. The average Bonchev–Trinajstić information content (AvgIpc) is 2.73. The van der Waals surface area contributed by atoms with E-state index in [-0.39, 0.29) is 15.7 Å². The van der Waals surface area contributed by atoms with Crippen molar-refractivity contribution in [1.82, 2.24) is 9.78 Å². The minimum Gasteiger partial charge on any atom is -0.299 e. The van der Waals surface area contributed by atoms with Crippen molar-refractivity contribution in [3.05, 3.63) is 11.8 Å². The van der Waals surface area contributed by atoms with Crippen LogP contribution in [0.3, 0.4) is 0 Å². The first-order chi connectivity index (χ1) is 8.04. The predicted octanol–water partition coefficient (Wildman–Crippen LogP) is 2.13. The van der Waals surface area contributed by atoms with Crippen molar-refractivity contribution in [1.29, 1.82) is 0 Å². The SMILES string of the molecule is CC(CF)c1cc2n(n1)CCC(I)C(=O)N2C. The van der Waals surface area contributed by atoms with E-state index >= 15 is 0 Å². The zero-order valence-corrected chi connectivity index (χ0v) is 12.0. The zero-order chi connectivity index (χ0) is 12.6. The third-order valence-electron chi connectivity index (χ3n) is 3.05. The van der Waals surface area contributed by atoms with Gasteiger partial charge in [0, 0.05) is 25.6 Å². The maximum atomic E-state index is 12.6. The number of alkyl halides is 2. The third-order valence-corrected chi connectivity index (χ3v) is 4.21. The van der Waals surface area contributed by atoms with Gasteiger partial charge in [0.2, 0.25) is 5.91 Å². The number of carbonyl (C=O) groups excluding carboxylic acids is 1. The van der Waals surface area contributed by atoms with Gasteiger partial charge in [0.25, 0.3) is 0 Å². The normalized spacial score (nSPS) is 22.2. The van der Waals surface area contributed by atoms with E-state index in [9.17, 15) is 9.18 Å².